The number of carbonyl (C=O) groups excluding carboxylic acids is 2. The minimum Gasteiger partial charge on any atom is -0.375 e. The van der Waals surface area contributed by atoms with Gasteiger partial charge in [0.05, 0.1) is 12.5 Å². The average Bonchev–Trinajstić information content (AvgIpc) is 2.65. The molecule has 0 heterocycles. The predicted octanol–water partition coefficient (Wildman–Crippen LogP) is 2.74. The molecule has 0 aromatic heterocycles. The zero-order valence-electron chi connectivity index (χ0n) is 15.9. The average molecular weight is 368 g/mol. The van der Waals surface area contributed by atoms with Gasteiger partial charge in [-0.15, -0.1) is 0 Å². The highest BCUT2D eigenvalue weighted by Crippen LogP contribution is 2.18. The van der Waals surface area contributed by atoms with Crippen LogP contribution >= 0.6 is 0 Å². The Labute approximate surface area is 160 Å². The zero-order valence-corrected chi connectivity index (χ0v) is 15.9. The van der Waals surface area contributed by atoms with Gasteiger partial charge >= 0.3 is 6.03 Å². The van der Waals surface area contributed by atoms with Gasteiger partial charge in [0, 0.05) is 25.8 Å². The van der Waals surface area contributed by atoms with E-state index in [9.17, 15) is 9.59 Å². The van der Waals surface area contributed by atoms with Gasteiger partial charge in [-0.05, 0) is 31.0 Å². The minimum atomic E-state index is -0.640. The molecule has 27 heavy (non-hydrogen) atoms. The second-order valence-corrected chi connectivity index (χ2v) is 6.64. The van der Waals surface area contributed by atoms with E-state index in [1.807, 2.05) is 56.4 Å². The topological polar surface area (TPSA) is 87.5 Å². The van der Waals surface area contributed by atoms with Crippen LogP contribution in [0.1, 0.15) is 30.0 Å². The Kier molecular flexibility index (Phi) is 7.67. The van der Waals surface area contributed by atoms with Crippen LogP contribution in [-0.2, 0) is 4.79 Å². The molecular weight excluding hydrogens is 340 g/mol. The molecule has 2 aromatic rings. The molecule has 6 nitrogen and oxygen atoms in total. The molecular formula is C21H28N4O2. The van der Waals surface area contributed by atoms with Crippen molar-refractivity contribution in [1.29, 1.82) is 0 Å². The Bertz CT molecular complexity index is 749. The number of nitrogens with zero attached hydrogens (tertiary/aromatic N) is 1. The van der Waals surface area contributed by atoms with Gasteiger partial charge in [0.25, 0.3) is 0 Å². The molecule has 0 radical (unpaired) electrons. The molecule has 6 heteroatoms. The van der Waals surface area contributed by atoms with Crippen molar-refractivity contribution in [2.24, 2.45) is 5.73 Å². The Balaban J connectivity index is 1.80. The molecule has 4 N–H and O–H groups in total. The maximum absolute atomic E-state index is 12.3. The van der Waals surface area contributed by atoms with Crippen molar-refractivity contribution in [2.45, 2.75) is 25.8 Å². The van der Waals surface area contributed by atoms with E-state index in [2.05, 4.69) is 27.7 Å². The monoisotopic (exact) mass is 368 g/mol. The quantitative estimate of drug-likeness (QED) is 0.595. The molecule has 2 aromatic carbocycles. The number of nitrogens with two attached hydrogens (primary N) is 1. The molecule has 0 bridgehead atoms. The predicted molar refractivity (Wildman–Crippen MR) is 109 cm³/mol. The van der Waals surface area contributed by atoms with E-state index in [1.54, 1.807) is 0 Å². The van der Waals surface area contributed by atoms with Crippen LogP contribution in [-0.4, -0.2) is 32.1 Å². The molecule has 144 valence electrons. The first-order valence-corrected chi connectivity index (χ1v) is 9.11. The second kappa shape index (κ2) is 10.2. The number of hydrogen-bond acceptors (Lipinski definition) is 3. The zero-order chi connectivity index (χ0) is 19.6. The number of aryl methyl sites for hydroxylation is 1. The van der Waals surface area contributed by atoms with Crippen molar-refractivity contribution in [2.75, 3.05) is 25.0 Å². The maximum Gasteiger partial charge on any atom is 0.312 e. The minimum absolute atomic E-state index is 0.113. The summed E-state index contributed by atoms with van der Waals surface area (Å²) in [6, 6.07) is 16.7. The van der Waals surface area contributed by atoms with Gasteiger partial charge in [0.1, 0.15) is 0 Å². The number of benzene rings is 2. The lowest BCUT2D eigenvalue weighted by Gasteiger charge is -2.20. The summed E-state index contributed by atoms with van der Waals surface area (Å²) in [5, 5.41) is 5.57. The van der Waals surface area contributed by atoms with E-state index in [0.717, 1.165) is 29.8 Å². The van der Waals surface area contributed by atoms with Crippen LogP contribution in [0.2, 0.25) is 0 Å². The van der Waals surface area contributed by atoms with Crippen LogP contribution in [0.5, 0.6) is 0 Å². The summed E-state index contributed by atoms with van der Waals surface area (Å²) in [4.78, 5) is 25.7. The fourth-order valence-electron chi connectivity index (χ4n) is 2.92. The van der Waals surface area contributed by atoms with Crippen molar-refractivity contribution in [3.63, 3.8) is 0 Å². The Morgan fingerprint density at radius 3 is 2.52 bits per heavy atom. The maximum atomic E-state index is 12.3. The molecule has 0 saturated heterocycles. The number of amides is 3. The Morgan fingerprint density at radius 1 is 1.11 bits per heavy atom. The van der Waals surface area contributed by atoms with Crippen LogP contribution in [0.15, 0.2) is 54.6 Å². The summed E-state index contributed by atoms with van der Waals surface area (Å²) >= 11 is 0. The van der Waals surface area contributed by atoms with Crippen LogP contribution in [0.3, 0.4) is 0 Å². The smallest absolute Gasteiger partial charge is 0.312 e. The third-order valence-corrected chi connectivity index (χ3v) is 4.34. The van der Waals surface area contributed by atoms with Gasteiger partial charge in [0.2, 0.25) is 5.91 Å². The van der Waals surface area contributed by atoms with Crippen molar-refractivity contribution >= 4 is 17.6 Å². The van der Waals surface area contributed by atoms with E-state index >= 15 is 0 Å². The molecule has 1 atom stereocenters. The highest BCUT2D eigenvalue weighted by atomic mass is 16.2. The second-order valence-electron chi connectivity index (χ2n) is 6.64. The molecule has 0 aliphatic rings. The summed E-state index contributed by atoms with van der Waals surface area (Å²) in [7, 11) is 2.03. The number of rotatable bonds is 9. The van der Waals surface area contributed by atoms with E-state index in [0.29, 0.717) is 6.54 Å². The lowest BCUT2D eigenvalue weighted by atomic mass is 10.0. The van der Waals surface area contributed by atoms with Crippen LogP contribution in [0.25, 0.3) is 0 Å². The van der Waals surface area contributed by atoms with Crippen molar-refractivity contribution in [3.8, 4) is 0 Å². The van der Waals surface area contributed by atoms with Gasteiger partial charge in [-0.1, -0.05) is 48.0 Å². The molecule has 0 aliphatic carbocycles. The number of anilines is 1. The van der Waals surface area contributed by atoms with E-state index < -0.39 is 12.1 Å². The lowest BCUT2D eigenvalue weighted by molar-refractivity contribution is -0.121. The van der Waals surface area contributed by atoms with Crippen LogP contribution in [0.4, 0.5) is 10.5 Å². The fourth-order valence-corrected chi connectivity index (χ4v) is 2.92. The molecule has 0 spiro atoms. The first-order chi connectivity index (χ1) is 13.0. The summed E-state index contributed by atoms with van der Waals surface area (Å²) in [5.74, 6) is -0.113. The summed E-state index contributed by atoms with van der Waals surface area (Å²) in [5.41, 5.74) is 8.35. The largest absolute Gasteiger partial charge is 0.375 e. The highest BCUT2D eigenvalue weighted by molar-refractivity contribution is 5.78. The molecule has 0 fully saturated rings. The van der Waals surface area contributed by atoms with Crippen LogP contribution in [0, 0.1) is 6.92 Å². The summed E-state index contributed by atoms with van der Waals surface area (Å²) < 4.78 is 0. The fraction of sp³-hybridized carbons (Fsp3) is 0.333. The molecule has 1 unspecified atom stereocenters. The Hall–Kier alpha value is -3.02. The molecule has 0 aliphatic heterocycles. The molecule has 3 amide bonds. The van der Waals surface area contributed by atoms with Gasteiger partial charge < -0.3 is 21.3 Å². The SMILES string of the molecule is Cc1cccc(C(CC(=O)NCCCN(C)c2ccccc2)NC(N)=O)c1. The number of carbonyl (C=O) groups is 2. The number of urea groups is 1. The molecule has 0 saturated carbocycles. The normalized spacial score (nSPS) is 11.5. The third kappa shape index (κ3) is 7.01. The van der Waals surface area contributed by atoms with Gasteiger partial charge in [0.15, 0.2) is 0 Å². The third-order valence-electron chi connectivity index (χ3n) is 4.34. The van der Waals surface area contributed by atoms with Crippen molar-refractivity contribution in [3.05, 3.63) is 65.7 Å². The van der Waals surface area contributed by atoms with E-state index in [4.69, 9.17) is 5.73 Å². The Morgan fingerprint density at radius 2 is 1.85 bits per heavy atom. The summed E-state index contributed by atoms with van der Waals surface area (Å²) in [6.45, 7) is 3.38. The number of primary amides is 1. The lowest BCUT2D eigenvalue weighted by Crippen LogP contribution is -2.37. The first-order valence-electron chi connectivity index (χ1n) is 9.11. The van der Waals surface area contributed by atoms with Crippen molar-refractivity contribution in [1.82, 2.24) is 10.6 Å². The van der Waals surface area contributed by atoms with E-state index in [-0.39, 0.29) is 12.3 Å². The number of nitrogens with one attached hydrogen (secondary N) is 2. The van der Waals surface area contributed by atoms with Gasteiger partial charge in [-0.3, -0.25) is 4.79 Å². The molecule has 2 rings (SSSR count). The first kappa shape index (κ1) is 20.3. The highest BCUT2D eigenvalue weighted by Gasteiger charge is 2.17. The number of hydrogen-bond donors (Lipinski definition) is 3. The van der Waals surface area contributed by atoms with Gasteiger partial charge in [-0.2, -0.15) is 0 Å². The summed E-state index contributed by atoms with van der Waals surface area (Å²) in [6.07, 6.45) is 0.983. The standard InChI is InChI=1S/C21H28N4O2/c1-16-8-6-9-17(14-16)19(24-21(22)27)15-20(26)23-12-7-13-25(2)18-10-4-3-5-11-18/h3-6,8-11,14,19H,7,12-13,15H2,1-2H3,(H,23,26)(H3,22,24,27). The number of para-hydroxylation sites is 1. The van der Waals surface area contributed by atoms with Crippen molar-refractivity contribution < 1.29 is 9.59 Å². The van der Waals surface area contributed by atoms with E-state index in [1.165, 1.54) is 0 Å². The van der Waals surface area contributed by atoms with Crippen LogP contribution < -0.4 is 21.3 Å². The van der Waals surface area contributed by atoms with Gasteiger partial charge in [-0.25, -0.2) is 4.79 Å².